The lowest BCUT2D eigenvalue weighted by atomic mass is 10.2. The van der Waals surface area contributed by atoms with Gasteiger partial charge in [-0.15, -0.1) is 16.9 Å². The number of benzene rings is 1. The maximum absolute atomic E-state index is 12.9. The summed E-state index contributed by atoms with van der Waals surface area (Å²) in [5, 5.41) is 22.8. The van der Waals surface area contributed by atoms with Crippen molar-refractivity contribution in [1.29, 1.82) is 0 Å². The average Bonchev–Trinajstić information content (AvgIpc) is 3.06. The Bertz CT molecular complexity index is 594. The number of nitrogens with zero attached hydrogens (tertiary/aromatic N) is 3. The van der Waals surface area contributed by atoms with Gasteiger partial charge >= 0.3 is 6.03 Å². The number of H-pyrrole nitrogens is 1. The number of hydrogen-bond acceptors (Lipinski definition) is 5. The van der Waals surface area contributed by atoms with Crippen LogP contribution in [0.5, 0.6) is 0 Å². The number of aliphatic hydroxyl groups excluding tert-OH is 1. The molecule has 1 aromatic heterocycles. The van der Waals surface area contributed by atoms with E-state index in [0.717, 1.165) is 10.6 Å². The van der Waals surface area contributed by atoms with Crippen LogP contribution in [0.2, 0.25) is 0 Å². The molecule has 0 aliphatic heterocycles. The Kier molecular flexibility index (Phi) is 6.82. The lowest BCUT2D eigenvalue weighted by Crippen LogP contribution is -2.41. The highest BCUT2D eigenvalue weighted by molar-refractivity contribution is 7.99. The fourth-order valence-corrected chi connectivity index (χ4v) is 2.52. The Morgan fingerprint density at radius 3 is 2.83 bits per heavy atom. The van der Waals surface area contributed by atoms with E-state index in [4.69, 9.17) is 5.11 Å². The van der Waals surface area contributed by atoms with Crippen molar-refractivity contribution in [3.05, 3.63) is 41.8 Å². The van der Waals surface area contributed by atoms with Crippen LogP contribution in [-0.4, -0.2) is 56.9 Å². The summed E-state index contributed by atoms with van der Waals surface area (Å²) >= 11 is 1.47. The Morgan fingerprint density at radius 2 is 2.17 bits per heavy atom. The molecule has 1 aromatic carbocycles. The molecule has 0 saturated carbocycles. The number of halogens is 1. The van der Waals surface area contributed by atoms with Crippen molar-refractivity contribution in [2.45, 2.75) is 11.6 Å². The predicted octanol–water partition coefficient (Wildman–Crippen LogP) is 1.24. The number of aliphatic hydroxyl groups is 1. The van der Waals surface area contributed by atoms with Crippen LogP contribution in [-0.2, 0) is 6.54 Å². The molecule has 0 aliphatic carbocycles. The van der Waals surface area contributed by atoms with E-state index in [0.29, 0.717) is 18.8 Å². The van der Waals surface area contributed by atoms with Crippen molar-refractivity contribution < 1.29 is 14.3 Å². The molecule has 0 unspecified atom stereocenters. The molecule has 124 valence electrons. The van der Waals surface area contributed by atoms with Crippen LogP contribution >= 0.6 is 11.8 Å². The molecular formula is C14H18FN5O2S. The summed E-state index contributed by atoms with van der Waals surface area (Å²) in [4.78, 5) is 13.6. The minimum atomic E-state index is -0.322. The van der Waals surface area contributed by atoms with Crippen LogP contribution in [0.4, 0.5) is 9.18 Å². The molecule has 2 rings (SSSR count). The molecule has 23 heavy (non-hydrogen) atoms. The summed E-state index contributed by atoms with van der Waals surface area (Å²) in [5.74, 6) is 0.332. The number of thioether (sulfide) groups is 1. The third-order valence-corrected chi connectivity index (χ3v) is 3.87. The number of amides is 2. The Hall–Kier alpha value is -2.13. The highest BCUT2D eigenvalue weighted by Crippen LogP contribution is 2.11. The van der Waals surface area contributed by atoms with E-state index in [1.807, 2.05) is 0 Å². The van der Waals surface area contributed by atoms with Gasteiger partial charge in [0.15, 0.2) is 0 Å². The molecule has 0 aliphatic rings. The van der Waals surface area contributed by atoms with Crippen molar-refractivity contribution >= 4 is 17.8 Å². The summed E-state index contributed by atoms with van der Waals surface area (Å²) in [6.07, 6.45) is 1.61. The van der Waals surface area contributed by atoms with Crippen molar-refractivity contribution in [1.82, 2.24) is 25.6 Å². The van der Waals surface area contributed by atoms with E-state index < -0.39 is 0 Å². The molecule has 2 amide bonds. The molecule has 0 fully saturated rings. The number of urea groups is 1. The first kappa shape index (κ1) is 17.2. The average molecular weight is 339 g/mol. The second-order valence-electron chi connectivity index (χ2n) is 4.66. The zero-order valence-electron chi connectivity index (χ0n) is 12.4. The first-order chi connectivity index (χ1) is 11.2. The number of carbonyl (C=O) groups is 1. The minimum absolute atomic E-state index is 0.137. The number of aromatic nitrogens is 3. The molecule has 0 radical (unpaired) electrons. The van der Waals surface area contributed by atoms with E-state index in [1.54, 1.807) is 18.3 Å². The molecule has 0 saturated heterocycles. The normalized spacial score (nSPS) is 10.5. The van der Waals surface area contributed by atoms with Crippen LogP contribution < -0.4 is 5.32 Å². The van der Waals surface area contributed by atoms with E-state index >= 15 is 0 Å². The monoisotopic (exact) mass is 339 g/mol. The number of hydrogen-bond donors (Lipinski definition) is 3. The van der Waals surface area contributed by atoms with Gasteiger partial charge in [-0.3, -0.25) is 0 Å². The maximum atomic E-state index is 12.9. The van der Waals surface area contributed by atoms with Crippen molar-refractivity contribution in [2.24, 2.45) is 0 Å². The zero-order chi connectivity index (χ0) is 16.5. The summed E-state index contributed by atoms with van der Waals surface area (Å²) in [6, 6.07) is 5.66. The Labute approximate surface area is 137 Å². The van der Waals surface area contributed by atoms with Crippen LogP contribution in [0.25, 0.3) is 0 Å². The summed E-state index contributed by atoms with van der Waals surface area (Å²) in [7, 11) is 0. The fourth-order valence-electron chi connectivity index (χ4n) is 1.87. The van der Waals surface area contributed by atoms with Gasteiger partial charge in [0, 0.05) is 25.4 Å². The van der Waals surface area contributed by atoms with E-state index in [1.165, 1.54) is 28.8 Å². The van der Waals surface area contributed by atoms with Crippen molar-refractivity contribution in [3.63, 3.8) is 0 Å². The van der Waals surface area contributed by atoms with E-state index in [9.17, 15) is 9.18 Å². The maximum Gasteiger partial charge on any atom is 0.317 e. The van der Waals surface area contributed by atoms with Crippen molar-refractivity contribution in [2.75, 3.05) is 25.4 Å². The lowest BCUT2D eigenvalue weighted by molar-refractivity contribution is 0.174. The molecular weight excluding hydrogens is 321 g/mol. The largest absolute Gasteiger partial charge is 0.395 e. The topological polar surface area (TPSA) is 94.1 Å². The van der Waals surface area contributed by atoms with Crippen LogP contribution in [0.3, 0.4) is 0 Å². The van der Waals surface area contributed by atoms with Crippen LogP contribution in [0.15, 0.2) is 35.5 Å². The standard InChI is InChI=1S/C14H18FN5O2S/c15-12-3-1-11(2-4-12)10-20(6-7-21)14(22)16-5-8-23-13-9-17-19-18-13/h1-4,9,21H,5-8,10H2,(H,16,22)(H,17,18,19). The highest BCUT2D eigenvalue weighted by atomic mass is 32.2. The smallest absolute Gasteiger partial charge is 0.317 e. The predicted molar refractivity (Wildman–Crippen MR) is 84.4 cm³/mol. The first-order valence-corrected chi connectivity index (χ1v) is 8.04. The quantitative estimate of drug-likeness (QED) is 0.497. The van der Waals surface area contributed by atoms with Crippen molar-refractivity contribution in [3.8, 4) is 0 Å². The molecule has 9 heteroatoms. The lowest BCUT2D eigenvalue weighted by Gasteiger charge is -2.22. The van der Waals surface area contributed by atoms with Gasteiger partial charge in [0.2, 0.25) is 0 Å². The second-order valence-corrected chi connectivity index (χ2v) is 5.78. The third kappa shape index (κ3) is 5.87. The summed E-state index contributed by atoms with van der Waals surface area (Å²) in [6.45, 7) is 0.840. The Balaban J connectivity index is 1.79. The van der Waals surface area contributed by atoms with Gasteiger partial charge < -0.3 is 15.3 Å². The van der Waals surface area contributed by atoms with Gasteiger partial charge in [0.05, 0.1) is 12.8 Å². The second kappa shape index (κ2) is 9.11. The fraction of sp³-hybridized carbons (Fsp3) is 0.357. The molecule has 0 atom stereocenters. The van der Waals surface area contributed by atoms with Gasteiger partial charge in [0.1, 0.15) is 10.8 Å². The van der Waals surface area contributed by atoms with Gasteiger partial charge in [-0.25, -0.2) is 9.18 Å². The van der Waals surface area contributed by atoms with Crippen LogP contribution in [0, 0.1) is 5.82 Å². The number of nitrogens with one attached hydrogen (secondary N) is 2. The first-order valence-electron chi connectivity index (χ1n) is 7.05. The molecule has 7 nitrogen and oxygen atoms in total. The molecule has 2 aromatic rings. The van der Waals surface area contributed by atoms with Gasteiger partial charge in [-0.05, 0) is 17.7 Å². The van der Waals surface area contributed by atoms with Gasteiger partial charge in [-0.1, -0.05) is 12.1 Å². The SMILES string of the molecule is O=C(NCCSc1cn[nH]n1)N(CCO)Cc1ccc(F)cc1. The van der Waals surface area contributed by atoms with Gasteiger partial charge in [-0.2, -0.15) is 10.3 Å². The molecule has 0 bridgehead atoms. The van der Waals surface area contributed by atoms with Crippen LogP contribution in [0.1, 0.15) is 5.56 Å². The number of aromatic amines is 1. The zero-order valence-corrected chi connectivity index (χ0v) is 13.2. The Morgan fingerprint density at radius 1 is 1.39 bits per heavy atom. The van der Waals surface area contributed by atoms with Gasteiger partial charge in [0.25, 0.3) is 0 Å². The minimum Gasteiger partial charge on any atom is -0.395 e. The van der Waals surface area contributed by atoms with E-state index in [2.05, 4.69) is 20.7 Å². The number of carbonyl (C=O) groups excluding carboxylic acids is 1. The number of rotatable bonds is 8. The summed E-state index contributed by atoms with van der Waals surface area (Å²) < 4.78 is 12.9. The molecule has 1 heterocycles. The highest BCUT2D eigenvalue weighted by Gasteiger charge is 2.13. The summed E-state index contributed by atoms with van der Waals surface area (Å²) in [5.41, 5.74) is 0.798. The third-order valence-electron chi connectivity index (χ3n) is 2.96. The molecule has 0 spiro atoms. The molecule has 3 N–H and O–H groups in total. The van der Waals surface area contributed by atoms with E-state index in [-0.39, 0.29) is 25.0 Å².